The summed E-state index contributed by atoms with van der Waals surface area (Å²) in [5, 5.41) is 0. The molecule has 0 amide bonds. The summed E-state index contributed by atoms with van der Waals surface area (Å²) in [5.74, 6) is -47.2. The predicted molar refractivity (Wildman–Crippen MR) is 70.8 cm³/mol. The molecule has 0 aromatic carbocycles. The highest BCUT2D eigenvalue weighted by Gasteiger charge is 2.84. The lowest BCUT2D eigenvalue weighted by Gasteiger charge is -2.39. The smallest absolute Gasteiger partial charge is 0.397 e. The van der Waals surface area contributed by atoms with Gasteiger partial charge in [0.25, 0.3) is 0 Å². The molecule has 0 saturated carbocycles. The largest absolute Gasteiger partial charge is 0.459 e. The van der Waals surface area contributed by atoms with Crippen LogP contribution in [0.3, 0.4) is 0 Å². The van der Waals surface area contributed by atoms with E-state index < -0.39 is 72.2 Å². The maximum atomic E-state index is 13.5. The Morgan fingerprint density at radius 3 is 1.21 bits per heavy atom. The van der Waals surface area contributed by atoms with Crippen LogP contribution >= 0.6 is 0 Å². The second-order valence-corrected chi connectivity index (χ2v) is 6.50. The van der Waals surface area contributed by atoms with Gasteiger partial charge in [-0.3, -0.25) is 0 Å². The van der Waals surface area contributed by atoms with E-state index in [1.807, 2.05) is 0 Å². The number of alkyl halides is 17. The monoisotopic (exact) mass is 532 g/mol. The van der Waals surface area contributed by atoms with Gasteiger partial charge in [0, 0.05) is 5.57 Å². The van der Waals surface area contributed by atoms with Crippen LogP contribution in [0.1, 0.15) is 19.8 Å². The van der Waals surface area contributed by atoms with E-state index in [-0.39, 0.29) is 0 Å². The van der Waals surface area contributed by atoms with Crippen molar-refractivity contribution in [3.05, 3.63) is 12.2 Å². The topological polar surface area (TPSA) is 26.3 Å². The van der Waals surface area contributed by atoms with Crippen molar-refractivity contribution in [3.63, 3.8) is 0 Å². The Labute approximate surface area is 171 Å². The first-order valence-electron chi connectivity index (χ1n) is 7.59. The molecule has 0 N–H and O–H groups in total. The third kappa shape index (κ3) is 5.75. The molecule has 0 fully saturated rings. The van der Waals surface area contributed by atoms with Crippen LogP contribution < -0.4 is 0 Å². The highest BCUT2D eigenvalue weighted by Crippen LogP contribution is 2.59. The Morgan fingerprint density at radius 2 is 0.909 bits per heavy atom. The minimum Gasteiger partial charge on any atom is -0.397 e. The summed E-state index contributed by atoms with van der Waals surface area (Å²) in [6.45, 7) is 3.26. The molecule has 0 saturated heterocycles. The fourth-order valence-corrected chi connectivity index (χ4v) is 1.80. The first-order chi connectivity index (χ1) is 14.0. The van der Waals surface area contributed by atoms with Gasteiger partial charge in [-0.15, -0.1) is 0 Å². The van der Waals surface area contributed by atoms with Crippen molar-refractivity contribution >= 4 is 5.97 Å². The Kier molecular flexibility index (Phi) is 7.85. The molecule has 196 valence electrons. The Hall–Kier alpha value is -1.98. The van der Waals surface area contributed by atoms with Crippen molar-refractivity contribution in [1.29, 1.82) is 0 Å². The highest BCUT2D eigenvalue weighted by molar-refractivity contribution is 5.87. The Bertz CT molecular complexity index is 749. The van der Waals surface area contributed by atoms with Gasteiger partial charge in [0.2, 0.25) is 0 Å². The van der Waals surface area contributed by atoms with E-state index in [4.69, 9.17) is 0 Å². The summed E-state index contributed by atoms with van der Waals surface area (Å²) in [5.41, 5.74) is -0.977. The molecule has 0 atom stereocenters. The van der Waals surface area contributed by atoms with E-state index in [9.17, 15) is 79.4 Å². The number of carbonyl (C=O) groups is 1. The summed E-state index contributed by atoms with van der Waals surface area (Å²) in [6, 6.07) is 0. The van der Waals surface area contributed by atoms with Crippen LogP contribution in [-0.2, 0) is 9.53 Å². The van der Waals surface area contributed by atoms with Crippen molar-refractivity contribution < 1.29 is 84.2 Å². The predicted octanol–water partition coefficient (Wildman–Crippen LogP) is 6.85. The fraction of sp³-hybridized carbons (Fsp3) is 0.786. The van der Waals surface area contributed by atoms with Crippen LogP contribution in [0.25, 0.3) is 0 Å². The number of carbonyl (C=O) groups excluding carboxylic acids is 1. The maximum Gasteiger partial charge on any atom is 0.459 e. The van der Waals surface area contributed by atoms with Crippen LogP contribution in [0.4, 0.5) is 74.6 Å². The number of ether oxygens (including phenoxy) is 1. The summed E-state index contributed by atoms with van der Waals surface area (Å²) in [4.78, 5) is 10.8. The van der Waals surface area contributed by atoms with Gasteiger partial charge in [-0.05, 0) is 6.92 Å². The summed E-state index contributed by atoms with van der Waals surface area (Å²) >= 11 is 0. The molecule has 0 radical (unpaired) electrons. The fourth-order valence-electron chi connectivity index (χ4n) is 1.80. The SMILES string of the molecule is C=C(C)C(=O)OC(F)(F)CC(F)(F)C(F)(F)C(F)(F)C(F)(F)CC(F)(F)C(F)(F)C(F)(F)F. The molecule has 0 rings (SSSR count). The van der Waals surface area contributed by atoms with Crippen molar-refractivity contribution in [2.75, 3.05) is 0 Å². The van der Waals surface area contributed by atoms with Gasteiger partial charge < -0.3 is 4.74 Å². The Balaban J connectivity index is 6.17. The lowest BCUT2D eigenvalue weighted by atomic mass is 9.91. The average Bonchev–Trinajstić information content (AvgIpc) is 2.50. The molecule has 0 unspecified atom stereocenters. The number of halogens is 17. The minimum absolute atomic E-state index is 0.608. The molecule has 0 spiro atoms. The third-order valence-corrected chi connectivity index (χ3v) is 3.59. The molecule has 33 heavy (non-hydrogen) atoms. The standard InChI is InChI=1S/C14H9F17O2/c1-5(2)6(32)33-10(21,22)4-9(19,20)12(25,26)11(23,24)7(15,16)3-8(17,18)13(27,28)14(29,30)31/h1,3-4H2,2H3. The number of hydrogen-bond acceptors (Lipinski definition) is 2. The molecule has 0 aliphatic rings. The van der Waals surface area contributed by atoms with Gasteiger partial charge in [0.05, 0.1) is 6.42 Å². The molecule has 0 aromatic heterocycles. The summed E-state index contributed by atoms with van der Waals surface area (Å²) in [6.07, 6.45) is -21.9. The van der Waals surface area contributed by atoms with Crippen molar-refractivity contribution in [3.8, 4) is 0 Å². The zero-order valence-electron chi connectivity index (χ0n) is 15.4. The van der Waals surface area contributed by atoms with Crippen molar-refractivity contribution in [1.82, 2.24) is 0 Å². The minimum atomic E-state index is -7.91. The van der Waals surface area contributed by atoms with Crippen LogP contribution in [0.15, 0.2) is 12.2 Å². The second kappa shape index (κ2) is 8.35. The molecule has 0 aromatic rings. The van der Waals surface area contributed by atoms with E-state index in [1.165, 1.54) is 0 Å². The quantitative estimate of drug-likeness (QED) is 0.175. The van der Waals surface area contributed by atoms with E-state index in [2.05, 4.69) is 11.3 Å². The van der Waals surface area contributed by atoms with Gasteiger partial charge in [-0.2, -0.15) is 74.6 Å². The second-order valence-electron chi connectivity index (χ2n) is 6.50. The first kappa shape index (κ1) is 31.0. The van der Waals surface area contributed by atoms with Gasteiger partial charge in [-0.25, -0.2) is 4.79 Å². The Morgan fingerprint density at radius 1 is 0.606 bits per heavy atom. The van der Waals surface area contributed by atoms with Gasteiger partial charge in [0.15, 0.2) is 0 Å². The van der Waals surface area contributed by atoms with E-state index in [1.54, 1.807) is 0 Å². The third-order valence-electron chi connectivity index (χ3n) is 3.59. The first-order valence-corrected chi connectivity index (χ1v) is 7.59. The zero-order chi connectivity index (χ0) is 27.3. The lowest BCUT2D eigenvalue weighted by Crippen LogP contribution is -2.65. The molecular weight excluding hydrogens is 523 g/mol. The maximum absolute atomic E-state index is 13.5. The number of hydrogen-bond donors (Lipinski definition) is 0. The van der Waals surface area contributed by atoms with Crippen LogP contribution in [0, 0.1) is 0 Å². The van der Waals surface area contributed by atoms with Crippen molar-refractivity contribution in [2.45, 2.75) is 67.6 Å². The van der Waals surface area contributed by atoms with Crippen LogP contribution in [0.5, 0.6) is 0 Å². The summed E-state index contributed by atoms with van der Waals surface area (Å²) < 4.78 is 224. The van der Waals surface area contributed by atoms with Gasteiger partial charge >= 0.3 is 53.8 Å². The summed E-state index contributed by atoms with van der Waals surface area (Å²) in [7, 11) is 0. The van der Waals surface area contributed by atoms with E-state index >= 15 is 0 Å². The lowest BCUT2D eigenvalue weighted by molar-refractivity contribution is -0.403. The normalized spacial score (nSPS) is 15.5. The van der Waals surface area contributed by atoms with E-state index in [0.29, 0.717) is 6.92 Å². The van der Waals surface area contributed by atoms with Gasteiger partial charge in [-0.1, -0.05) is 6.58 Å². The molecule has 19 heteroatoms. The molecule has 0 bridgehead atoms. The van der Waals surface area contributed by atoms with Crippen LogP contribution in [0.2, 0.25) is 0 Å². The molecule has 0 aliphatic carbocycles. The van der Waals surface area contributed by atoms with E-state index in [0.717, 1.165) is 0 Å². The average molecular weight is 532 g/mol. The zero-order valence-corrected chi connectivity index (χ0v) is 15.4. The molecule has 0 aliphatic heterocycles. The van der Waals surface area contributed by atoms with Crippen molar-refractivity contribution in [2.24, 2.45) is 0 Å². The number of esters is 1. The van der Waals surface area contributed by atoms with Gasteiger partial charge in [0.1, 0.15) is 6.42 Å². The molecular formula is C14H9F17O2. The number of rotatable bonds is 10. The van der Waals surface area contributed by atoms with Crippen LogP contribution in [-0.4, -0.2) is 53.8 Å². The highest BCUT2D eigenvalue weighted by atomic mass is 19.4. The molecule has 2 nitrogen and oxygen atoms in total. The molecule has 0 heterocycles.